The first-order chi connectivity index (χ1) is 12.3. The number of halogens is 3. The van der Waals surface area contributed by atoms with E-state index in [1.165, 1.54) is 12.1 Å². The molecule has 0 aromatic heterocycles. The number of amides is 1. The first-order valence-corrected chi connectivity index (χ1v) is 8.58. The van der Waals surface area contributed by atoms with Gasteiger partial charge >= 0.3 is 6.18 Å². The zero-order valence-corrected chi connectivity index (χ0v) is 14.3. The highest BCUT2D eigenvalue weighted by Crippen LogP contribution is 2.48. The maximum absolute atomic E-state index is 12.9. The van der Waals surface area contributed by atoms with E-state index in [-0.39, 0.29) is 11.3 Å². The second kappa shape index (κ2) is 7.02. The summed E-state index contributed by atoms with van der Waals surface area (Å²) in [7, 11) is 0. The number of hydrogen-bond donors (Lipinski definition) is 2. The highest BCUT2D eigenvalue weighted by molar-refractivity contribution is 5.76. The molecule has 0 unspecified atom stereocenters. The van der Waals surface area contributed by atoms with Gasteiger partial charge in [-0.2, -0.15) is 13.2 Å². The molecule has 0 radical (unpaired) electrons. The number of anilines is 1. The van der Waals surface area contributed by atoms with E-state index >= 15 is 0 Å². The Balaban J connectivity index is 1.57. The molecular weight excluding hydrogens is 341 g/mol. The number of carbonyl (C=O) groups is 1. The molecule has 1 fully saturated rings. The molecule has 1 aliphatic rings. The molecule has 2 aromatic rings. The molecule has 3 rings (SSSR count). The molecule has 0 heterocycles. The molecule has 2 aromatic carbocycles. The lowest BCUT2D eigenvalue weighted by Gasteiger charge is -2.18. The van der Waals surface area contributed by atoms with Crippen LogP contribution in [0.15, 0.2) is 48.5 Å². The van der Waals surface area contributed by atoms with Gasteiger partial charge in [0.15, 0.2) is 0 Å². The average molecular weight is 362 g/mol. The SMILES string of the molecule is Nc1ccccc1CCC(=O)NCC1(c2cccc(C(F)(F)F)c2)CC1. The van der Waals surface area contributed by atoms with Gasteiger partial charge in [-0.15, -0.1) is 0 Å². The second-order valence-corrected chi connectivity index (χ2v) is 6.83. The van der Waals surface area contributed by atoms with Crippen molar-refractivity contribution in [3.05, 3.63) is 65.2 Å². The van der Waals surface area contributed by atoms with E-state index in [0.29, 0.717) is 30.6 Å². The molecule has 1 aliphatic carbocycles. The maximum atomic E-state index is 12.9. The standard InChI is InChI=1S/C20H21F3N2O/c21-20(22,23)16-6-3-5-15(12-16)19(10-11-19)13-25-18(26)9-8-14-4-1-2-7-17(14)24/h1-7,12H,8-11,13,24H2,(H,25,26). The van der Waals surface area contributed by atoms with Crippen molar-refractivity contribution in [2.45, 2.75) is 37.3 Å². The lowest BCUT2D eigenvalue weighted by Crippen LogP contribution is -2.32. The number of alkyl halides is 3. The van der Waals surface area contributed by atoms with E-state index in [0.717, 1.165) is 24.5 Å². The summed E-state index contributed by atoms with van der Waals surface area (Å²) >= 11 is 0. The summed E-state index contributed by atoms with van der Waals surface area (Å²) in [4.78, 5) is 12.1. The number of benzene rings is 2. The lowest BCUT2D eigenvalue weighted by atomic mass is 9.94. The van der Waals surface area contributed by atoms with Crippen molar-refractivity contribution in [3.8, 4) is 0 Å². The number of aryl methyl sites for hydroxylation is 1. The molecule has 3 nitrogen and oxygen atoms in total. The van der Waals surface area contributed by atoms with Gasteiger partial charge in [-0.3, -0.25) is 4.79 Å². The molecule has 0 bridgehead atoms. The highest BCUT2D eigenvalue weighted by atomic mass is 19.4. The Morgan fingerprint density at radius 3 is 2.50 bits per heavy atom. The molecule has 0 saturated heterocycles. The normalized spacial score (nSPS) is 15.5. The molecular formula is C20H21F3N2O. The Labute approximate surface area is 150 Å². The Kier molecular flexibility index (Phi) is 4.94. The quantitative estimate of drug-likeness (QED) is 0.761. The third kappa shape index (κ3) is 4.18. The second-order valence-electron chi connectivity index (χ2n) is 6.83. The van der Waals surface area contributed by atoms with Gasteiger partial charge in [0.2, 0.25) is 5.91 Å². The van der Waals surface area contributed by atoms with E-state index < -0.39 is 11.7 Å². The summed E-state index contributed by atoms with van der Waals surface area (Å²) in [6, 6.07) is 12.8. The smallest absolute Gasteiger partial charge is 0.399 e. The Hall–Kier alpha value is -2.50. The van der Waals surface area contributed by atoms with E-state index in [9.17, 15) is 18.0 Å². The van der Waals surface area contributed by atoms with Gasteiger partial charge in [0.05, 0.1) is 5.56 Å². The number of nitrogen functional groups attached to an aromatic ring is 1. The third-order valence-electron chi connectivity index (χ3n) is 4.96. The Morgan fingerprint density at radius 1 is 1.12 bits per heavy atom. The minimum atomic E-state index is -4.36. The first kappa shape index (κ1) is 18.3. The van der Waals surface area contributed by atoms with Crippen LogP contribution < -0.4 is 11.1 Å². The minimum absolute atomic E-state index is 0.119. The predicted octanol–water partition coefficient (Wildman–Crippen LogP) is 4.07. The van der Waals surface area contributed by atoms with Crippen LogP contribution in [0.4, 0.5) is 18.9 Å². The molecule has 6 heteroatoms. The molecule has 1 saturated carbocycles. The predicted molar refractivity (Wildman–Crippen MR) is 94.5 cm³/mol. The van der Waals surface area contributed by atoms with Crippen molar-refractivity contribution in [2.75, 3.05) is 12.3 Å². The summed E-state index contributed by atoms with van der Waals surface area (Å²) in [6.07, 6.45) is -1.96. The van der Waals surface area contributed by atoms with Gasteiger partial charge in [0, 0.05) is 24.1 Å². The number of rotatable bonds is 6. The van der Waals surface area contributed by atoms with Crippen molar-refractivity contribution < 1.29 is 18.0 Å². The van der Waals surface area contributed by atoms with Gasteiger partial charge in [-0.05, 0) is 42.5 Å². The van der Waals surface area contributed by atoms with Crippen LogP contribution in [-0.4, -0.2) is 12.5 Å². The summed E-state index contributed by atoms with van der Waals surface area (Å²) in [5.41, 5.74) is 7.06. The number of para-hydroxylation sites is 1. The average Bonchev–Trinajstić information content (AvgIpc) is 3.40. The van der Waals surface area contributed by atoms with Gasteiger partial charge in [0.1, 0.15) is 0 Å². The maximum Gasteiger partial charge on any atom is 0.416 e. The molecule has 3 N–H and O–H groups in total. The number of hydrogen-bond acceptors (Lipinski definition) is 2. The summed E-state index contributed by atoms with van der Waals surface area (Å²) in [5, 5.41) is 2.87. The Bertz CT molecular complexity index is 798. The van der Waals surface area contributed by atoms with Crippen LogP contribution in [0.5, 0.6) is 0 Å². The molecule has 0 atom stereocenters. The fraction of sp³-hybridized carbons (Fsp3) is 0.350. The fourth-order valence-corrected chi connectivity index (χ4v) is 3.11. The molecule has 138 valence electrons. The van der Waals surface area contributed by atoms with Gasteiger partial charge in [0.25, 0.3) is 0 Å². The van der Waals surface area contributed by atoms with E-state index in [2.05, 4.69) is 5.32 Å². The van der Waals surface area contributed by atoms with Crippen LogP contribution in [0.1, 0.15) is 36.0 Å². The Morgan fingerprint density at radius 2 is 1.85 bits per heavy atom. The highest BCUT2D eigenvalue weighted by Gasteiger charge is 2.45. The van der Waals surface area contributed by atoms with Crippen molar-refractivity contribution in [1.82, 2.24) is 5.32 Å². The lowest BCUT2D eigenvalue weighted by molar-refractivity contribution is -0.137. The van der Waals surface area contributed by atoms with E-state index in [1.54, 1.807) is 12.1 Å². The monoisotopic (exact) mass is 362 g/mol. The van der Waals surface area contributed by atoms with Gasteiger partial charge in [-0.1, -0.05) is 36.4 Å². The van der Waals surface area contributed by atoms with Crippen molar-refractivity contribution in [3.63, 3.8) is 0 Å². The van der Waals surface area contributed by atoms with Crippen molar-refractivity contribution in [1.29, 1.82) is 0 Å². The van der Waals surface area contributed by atoms with Crippen molar-refractivity contribution >= 4 is 11.6 Å². The van der Waals surface area contributed by atoms with Crippen molar-refractivity contribution in [2.24, 2.45) is 0 Å². The molecule has 0 spiro atoms. The summed E-state index contributed by atoms with van der Waals surface area (Å²) < 4.78 is 38.7. The van der Waals surface area contributed by atoms with E-state index in [1.807, 2.05) is 18.2 Å². The zero-order chi connectivity index (χ0) is 18.8. The largest absolute Gasteiger partial charge is 0.416 e. The van der Waals surface area contributed by atoms with Gasteiger partial charge < -0.3 is 11.1 Å². The van der Waals surface area contributed by atoms with Crippen LogP contribution in [-0.2, 0) is 22.8 Å². The van der Waals surface area contributed by atoms with Gasteiger partial charge in [-0.25, -0.2) is 0 Å². The van der Waals surface area contributed by atoms with E-state index in [4.69, 9.17) is 5.73 Å². The van der Waals surface area contributed by atoms with Crippen LogP contribution in [0.2, 0.25) is 0 Å². The fourth-order valence-electron chi connectivity index (χ4n) is 3.11. The molecule has 26 heavy (non-hydrogen) atoms. The summed E-state index contributed by atoms with van der Waals surface area (Å²) in [5.74, 6) is -0.119. The third-order valence-corrected chi connectivity index (χ3v) is 4.96. The zero-order valence-electron chi connectivity index (χ0n) is 14.3. The summed E-state index contributed by atoms with van der Waals surface area (Å²) in [6.45, 7) is 0.359. The minimum Gasteiger partial charge on any atom is -0.399 e. The topological polar surface area (TPSA) is 55.1 Å². The van der Waals surface area contributed by atoms with Crippen LogP contribution >= 0.6 is 0 Å². The molecule has 0 aliphatic heterocycles. The number of nitrogens with two attached hydrogens (primary N) is 1. The van der Waals surface area contributed by atoms with Crippen LogP contribution in [0.25, 0.3) is 0 Å². The number of nitrogens with one attached hydrogen (secondary N) is 1. The first-order valence-electron chi connectivity index (χ1n) is 8.58. The van der Waals surface area contributed by atoms with Crippen LogP contribution in [0, 0.1) is 0 Å². The van der Waals surface area contributed by atoms with Crippen LogP contribution in [0.3, 0.4) is 0 Å². The number of carbonyl (C=O) groups excluding carboxylic acids is 1. The molecule has 1 amide bonds.